The van der Waals surface area contributed by atoms with Crippen LogP contribution in [0.4, 0.5) is 0 Å². The summed E-state index contributed by atoms with van der Waals surface area (Å²) in [7, 11) is 0. The molecule has 0 heterocycles. The van der Waals surface area contributed by atoms with Crippen molar-refractivity contribution in [2.24, 2.45) is 0 Å². The van der Waals surface area contributed by atoms with E-state index in [0.29, 0.717) is 19.3 Å². The normalized spacial score (nSPS) is 12.5. The van der Waals surface area contributed by atoms with Crippen LogP contribution < -0.4 is 0 Å². The lowest BCUT2D eigenvalue weighted by atomic mass is 10.0. The number of carbonyl (C=O) groups is 3. The van der Waals surface area contributed by atoms with Crippen LogP contribution in [0, 0.1) is 0 Å². The molecule has 0 N–H and O–H groups in total. The van der Waals surface area contributed by atoms with E-state index in [4.69, 9.17) is 14.2 Å². The van der Waals surface area contributed by atoms with Crippen LogP contribution in [0.2, 0.25) is 0 Å². The minimum absolute atomic E-state index is 0.0731. The van der Waals surface area contributed by atoms with Crippen molar-refractivity contribution in [3.8, 4) is 0 Å². The van der Waals surface area contributed by atoms with Gasteiger partial charge in [0.1, 0.15) is 13.2 Å². The van der Waals surface area contributed by atoms with Crippen molar-refractivity contribution in [1.82, 2.24) is 0 Å². The van der Waals surface area contributed by atoms with Gasteiger partial charge in [0, 0.05) is 19.3 Å². The van der Waals surface area contributed by atoms with Crippen LogP contribution in [0.3, 0.4) is 0 Å². The Hall–Kier alpha value is -3.15. The van der Waals surface area contributed by atoms with Gasteiger partial charge in [-0.3, -0.25) is 14.4 Å². The molecule has 79 heavy (non-hydrogen) atoms. The van der Waals surface area contributed by atoms with Crippen LogP contribution in [-0.4, -0.2) is 37.2 Å². The van der Waals surface area contributed by atoms with Crippen molar-refractivity contribution < 1.29 is 28.6 Å². The molecule has 458 valence electrons. The lowest BCUT2D eigenvalue weighted by molar-refractivity contribution is -0.167. The molecule has 0 fully saturated rings. The third-order valence-electron chi connectivity index (χ3n) is 15.2. The monoisotopic (exact) mass is 1100 g/mol. The molecule has 0 aromatic heterocycles. The van der Waals surface area contributed by atoms with Crippen LogP contribution in [0.15, 0.2) is 72.9 Å². The highest BCUT2D eigenvalue weighted by molar-refractivity contribution is 5.71. The van der Waals surface area contributed by atoms with Crippen molar-refractivity contribution in [2.75, 3.05) is 13.2 Å². The number of allylic oxidation sites excluding steroid dienone is 12. The minimum Gasteiger partial charge on any atom is -0.462 e. The fraction of sp³-hybridized carbons (Fsp3) is 0.795. The Balaban J connectivity index is 4.24. The Morgan fingerprint density at radius 1 is 0.266 bits per heavy atom. The van der Waals surface area contributed by atoms with Gasteiger partial charge in [-0.15, -0.1) is 0 Å². The quantitative estimate of drug-likeness (QED) is 0.0261. The molecular formula is C73H130O6. The summed E-state index contributed by atoms with van der Waals surface area (Å²) in [5.41, 5.74) is 0. The molecule has 1 atom stereocenters. The maximum Gasteiger partial charge on any atom is 0.306 e. The van der Waals surface area contributed by atoms with Crippen LogP contribution in [-0.2, 0) is 28.6 Å². The Kier molecular flexibility index (Phi) is 64.7. The molecule has 0 aliphatic carbocycles. The van der Waals surface area contributed by atoms with Crippen LogP contribution >= 0.6 is 0 Å². The maximum atomic E-state index is 12.9. The molecule has 0 aromatic rings. The lowest BCUT2D eigenvalue weighted by Crippen LogP contribution is -2.30. The molecule has 0 bridgehead atoms. The summed E-state index contributed by atoms with van der Waals surface area (Å²) in [6, 6.07) is 0. The molecule has 0 saturated heterocycles. The first-order chi connectivity index (χ1) is 39.0. The Morgan fingerprint density at radius 2 is 0.494 bits per heavy atom. The van der Waals surface area contributed by atoms with E-state index < -0.39 is 6.10 Å². The van der Waals surface area contributed by atoms with E-state index in [2.05, 4.69) is 93.7 Å². The summed E-state index contributed by atoms with van der Waals surface area (Å²) in [5, 5.41) is 0. The van der Waals surface area contributed by atoms with Crippen LogP contribution in [0.1, 0.15) is 355 Å². The first-order valence-corrected chi connectivity index (χ1v) is 34.4. The zero-order valence-electron chi connectivity index (χ0n) is 52.6. The fourth-order valence-electron chi connectivity index (χ4n) is 10.1. The molecule has 0 spiro atoms. The summed E-state index contributed by atoms with van der Waals surface area (Å²) in [6.45, 7) is 6.56. The molecule has 0 aromatic carbocycles. The Bertz CT molecular complexity index is 1450. The maximum absolute atomic E-state index is 12.9. The number of hydrogen-bond donors (Lipinski definition) is 0. The second kappa shape index (κ2) is 67.4. The predicted molar refractivity (Wildman–Crippen MR) is 344 cm³/mol. The summed E-state index contributed by atoms with van der Waals surface area (Å²) in [4.78, 5) is 38.4. The van der Waals surface area contributed by atoms with E-state index in [1.807, 2.05) is 0 Å². The zero-order valence-corrected chi connectivity index (χ0v) is 52.6. The number of carbonyl (C=O) groups excluding carboxylic acids is 3. The summed E-state index contributed by atoms with van der Waals surface area (Å²) >= 11 is 0. The van der Waals surface area contributed by atoms with Gasteiger partial charge < -0.3 is 14.2 Å². The van der Waals surface area contributed by atoms with Gasteiger partial charge in [-0.25, -0.2) is 0 Å². The standard InChI is InChI=1S/C73H130O6/c1-4-7-10-13-16-19-22-24-26-28-30-32-34-36-38-40-42-44-46-48-51-54-57-60-63-66-72(75)78-69-70(68-77-71(74)65-62-59-56-53-50-21-18-15-12-9-6-3)79-73(76)67-64-61-58-55-52-49-47-45-43-41-39-37-35-33-31-29-27-25-23-20-17-14-11-8-5-2/h7,10,16,19,24,26,29-32,36,38,70H,4-6,8-9,11-15,17-18,20-23,25,27-28,33-35,37,39-69H2,1-3H3/b10-7-,19-16-,26-24-,31-29-,32-30-,38-36-. The Labute approximate surface area is 491 Å². The van der Waals surface area contributed by atoms with Gasteiger partial charge in [-0.1, -0.05) is 318 Å². The largest absolute Gasteiger partial charge is 0.462 e. The van der Waals surface area contributed by atoms with E-state index >= 15 is 0 Å². The van der Waals surface area contributed by atoms with E-state index in [0.717, 1.165) is 96.3 Å². The average Bonchev–Trinajstić information content (AvgIpc) is 3.45. The highest BCUT2D eigenvalue weighted by Gasteiger charge is 2.19. The molecule has 0 aliphatic heterocycles. The molecule has 0 aliphatic rings. The van der Waals surface area contributed by atoms with E-state index in [1.54, 1.807) is 0 Å². The number of hydrogen-bond acceptors (Lipinski definition) is 6. The van der Waals surface area contributed by atoms with Gasteiger partial charge >= 0.3 is 17.9 Å². The average molecular weight is 1100 g/mol. The third kappa shape index (κ3) is 65.5. The van der Waals surface area contributed by atoms with Crippen LogP contribution in [0.25, 0.3) is 0 Å². The number of rotatable bonds is 63. The van der Waals surface area contributed by atoms with Crippen molar-refractivity contribution in [2.45, 2.75) is 361 Å². The van der Waals surface area contributed by atoms with E-state index in [-0.39, 0.29) is 31.1 Å². The molecule has 0 radical (unpaired) electrons. The minimum atomic E-state index is -0.777. The molecule has 6 heteroatoms. The second-order valence-corrected chi connectivity index (χ2v) is 23.1. The third-order valence-corrected chi connectivity index (χ3v) is 15.2. The molecule has 0 amide bonds. The van der Waals surface area contributed by atoms with Crippen molar-refractivity contribution in [3.63, 3.8) is 0 Å². The lowest BCUT2D eigenvalue weighted by Gasteiger charge is -2.18. The molecule has 6 nitrogen and oxygen atoms in total. The van der Waals surface area contributed by atoms with Crippen molar-refractivity contribution >= 4 is 17.9 Å². The van der Waals surface area contributed by atoms with Crippen LogP contribution in [0.5, 0.6) is 0 Å². The second-order valence-electron chi connectivity index (χ2n) is 23.1. The molecule has 1 unspecified atom stereocenters. The topological polar surface area (TPSA) is 78.9 Å². The van der Waals surface area contributed by atoms with Gasteiger partial charge in [0.25, 0.3) is 0 Å². The predicted octanol–water partition coefficient (Wildman–Crippen LogP) is 23.7. The molecule has 0 rings (SSSR count). The van der Waals surface area contributed by atoms with E-state index in [9.17, 15) is 14.4 Å². The van der Waals surface area contributed by atoms with Crippen molar-refractivity contribution in [1.29, 1.82) is 0 Å². The first-order valence-electron chi connectivity index (χ1n) is 34.4. The SMILES string of the molecule is CC/C=C\C/C=C\C/C=C\C/C=C\C/C=C\CCCCCCCCCCCC(=O)OCC(COC(=O)CCCCCCCCCCCCC)OC(=O)CCCCCCCCCCCCCCC/C=C\CCCCCCCCCC. The smallest absolute Gasteiger partial charge is 0.306 e. The van der Waals surface area contributed by atoms with Gasteiger partial charge in [-0.2, -0.15) is 0 Å². The summed E-state index contributed by atoms with van der Waals surface area (Å²) < 4.78 is 17.0. The van der Waals surface area contributed by atoms with Gasteiger partial charge in [-0.05, 0) is 89.9 Å². The summed E-state index contributed by atoms with van der Waals surface area (Å²) in [6.07, 6.45) is 87.8. The van der Waals surface area contributed by atoms with E-state index in [1.165, 1.54) is 218 Å². The first kappa shape index (κ1) is 75.8. The highest BCUT2D eigenvalue weighted by Crippen LogP contribution is 2.17. The molecule has 0 saturated carbocycles. The zero-order chi connectivity index (χ0) is 57.1. The van der Waals surface area contributed by atoms with Gasteiger partial charge in [0.05, 0.1) is 0 Å². The highest BCUT2D eigenvalue weighted by atomic mass is 16.6. The number of ether oxygens (including phenoxy) is 3. The van der Waals surface area contributed by atoms with Crippen molar-refractivity contribution in [3.05, 3.63) is 72.9 Å². The van der Waals surface area contributed by atoms with Gasteiger partial charge in [0.2, 0.25) is 0 Å². The molecular weight excluding hydrogens is 973 g/mol. The Morgan fingerprint density at radius 3 is 0.785 bits per heavy atom. The van der Waals surface area contributed by atoms with Gasteiger partial charge in [0.15, 0.2) is 6.10 Å². The number of unbranched alkanes of at least 4 members (excludes halogenated alkanes) is 40. The summed E-state index contributed by atoms with van der Waals surface area (Å²) in [5.74, 6) is -0.861. The number of esters is 3. The fourth-order valence-corrected chi connectivity index (χ4v) is 10.1.